The predicted molar refractivity (Wildman–Crippen MR) is 120 cm³/mol. The first kappa shape index (κ1) is 26.2. The molecule has 0 saturated carbocycles. The maximum absolute atomic E-state index is 14.1. The van der Waals surface area contributed by atoms with E-state index in [0.29, 0.717) is 17.6 Å². The largest absolute Gasteiger partial charge is 0.491 e. The highest BCUT2D eigenvalue weighted by molar-refractivity contribution is 5.91. The van der Waals surface area contributed by atoms with Gasteiger partial charge in [-0.1, -0.05) is 6.07 Å². The summed E-state index contributed by atoms with van der Waals surface area (Å²) in [6, 6.07) is 4.83. The predicted octanol–water partition coefficient (Wildman–Crippen LogP) is 3.73. The number of nitrogens with zero attached hydrogens (tertiary/aromatic N) is 4. The lowest BCUT2D eigenvalue weighted by molar-refractivity contribution is -0.221. The van der Waals surface area contributed by atoms with Gasteiger partial charge in [0, 0.05) is 24.8 Å². The second kappa shape index (κ2) is 9.53. The number of alkyl halides is 6. The van der Waals surface area contributed by atoms with Gasteiger partial charge in [0.25, 0.3) is 0 Å². The van der Waals surface area contributed by atoms with Gasteiger partial charge in [-0.25, -0.2) is 9.78 Å². The number of benzene rings is 1. The maximum atomic E-state index is 14.1. The molecule has 0 radical (unpaired) electrons. The summed E-state index contributed by atoms with van der Waals surface area (Å²) in [6.45, 7) is 0.0756. The van der Waals surface area contributed by atoms with E-state index >= 15 is 0 Å². The van der Waals surface area contributed by atoms with Gasteiger partial charge in [0.2, 0.25) is 12.2 Å². The number of ether oxygens (including phenoxy) is 1. The zero-order valence-corrected chi connectivity index (χ0v) is 19.1. The molecular weight excluding hydrogens is 510 g/mol. The van der Waals surface area contributed by atoms with Gasteiger partial charge in [-0.05, 0) is 37.1 Å². The number of carbonyl (C=O) groups is 1. The van der Waals surface area contributed by atoms with Crippen LogP contribution in [0.1, 0.15) is 18.4 Å². The van der Waals surface area contributed by atoms with Crippen molar-refractivity contribution in [3.05, 3.63) is 35.9 Å². The van der Waals surface area contributed by atoms with Crippen LogP contribution in [0.25, 0.3) is 22.3 Å². The summed E-state index contributed by atoms with van der Waals surface area (Å²) >= 11 is 0. The molecule has 0 aliphatic carbocycles. The van der Waals surface area contributed by atoms with E-state index < -0.39 is 36.2 Å². The van der Waals surface area contributed by atoms with Crippen LogP contribution in [0.2, 0.25) is 0 Å². The van der Waals surface area contributed by atoms with E-state index in [9.17, 15) is 36.2 Å². The number of hydrogen-bond acceptors (Lipinski definition) is 9. The summed E-state index contributed by atoms with van der Waals surface area (Å²) in [6.07, 6.45) is -12.1. The van der Waals surface area contributed by atoms with Crippen molar-refractivity contribution in [1.29, 1.82) is 0 Å². The molecule has 2 aromatic heterocycles. The fraction of sp³-hybridized carbons (Fsp3) is 0.364. The molecule has 1 aromatic carbocycles. The summed E-state index contributed by atoms with van der Waals surface area (Å²) in [5, 5.41) is 13.5. The summed E-state index contributed by atoms with van der Waals surface area (Å²) in [5.74, 6) is -2.47. The number of nitrogens with one attached hydrogen (secondary N) is 1. The Morgan fingerprint density at radius 1 is 1.16 bits per heavy atom. The van der Waals surface area contributed by atoms with Crippen molar-refractivity contribution in [2.24, 2.45) is 0 Å². The molecule has 1 saturated heterocycles. The normalized spacial score (nSPS) is 17.2. The Balaban J connectivity index is 1.85. The number of hydrogen-bond donors (Lipinski definition) is 3. The number of nitrogen functional groups attached to an aromatic ring is 1. The molecular formula is C22H20F6N6O3. The Hall–Kier alpha value is -3.88. The third-order valence-electron chi connectivity index (χ3n) is 5.81. The fourth-order valence-corrected chi connectivity index (χ4v) is 4.28. The maximum Gasteiger partial charge on any atom is 0.491 e. The number of halogens is 6. The summed E-state index contributed by atoms with van der Waals surface area (Å²) in [5.41, 5.74) is 4.03. The Labute approximate surface area is 205 Å². The van der Waals surface area contributed by atoms with Gasteiger partial charge in [0.15, 0.2) is 5.65 Å². The minimum Gasteiger partial charge on any atom is -0.427 e. The fourth-order valence-electron chi connectivity index (χ4n) is 4.28. The molecule has 0 spiro atoms. The van der Waals surface area contributed by atoms with Crippen molar-refractivity contribution in [3.63, 3.8) is 0 Å². The number of pyridine rings is 1. The Kier molecular flexibility index (Phi) is 6.75. The molecule has 0 amide bonds. The lowest BCUT2D eigenvalue weighted by atomic mass is 9.99. The molecule has 9 nitrogen and oxygen atoms in total. The highest BCUT2D eigenvalue weighted by atomic mass is 19.4. The Morgan fingerprint density at radius 3 is 2.54 bits per heavy atom. The first-order valence-corrected chi connectivity index (χ1v) is 10.9. The lowest BCUT2D eigenvalue weighted by Gasteiger charge is -2.32. The van der Waals surface area contributed by atoms with E-state index in [0.717, 1.165) is 12.1 Å². The van der Waals surface area contributed by atoms with E-state index in [2.05, 4.69) is 25.0 Å². The standard InChI is InChI=1S/C22H20F6N6O3/c1-30-16-10-7-8-12(31-17(10)33-20(29)32-16)15-11(21(23,24)25)4-2-5-13(15)34-9-3-6-14(34)18(35)37-19(36)22(26,27)28/h2,4-5,7-8,14,18,35H,3,6,9H2,1H3,(H3,29,30,31,32,33). The molecule has 4 rings (SSSR count). The number of rotatable bonds is 5. The lowest BCUT2D eigenvalue weighted by Crippen LogP contribution is -2.44. The van der Waals surface area contributed by atoms with Crippen LogP contribution in [0, 0.1) is 0 Å². The molecule has 198 valence electrons. The molecule has 1 fully saturated rings. The van der Waals surface area contributed by atoms with Crippen molar-refractivity contribution >= 4 is 34.5 Å². The average Bonchev–Trinajstić information content (AvgIpc) is 3.31. The van der Waals surface area contributed by atoms with Crippen LogP contribution >= 0.6 is 0 Å². The van der Waals surface area contributed by atoms with Gasteiger partial charge in [0.1, 0.15) is 5.82 Å². The average molecular weight is 530 g/mol. The van der Waals surface area contributed by atoms with E-state index in [-0.39, 0.29) is 41.5 Å². The van der Waals surface area contributed by atoms with Crippen LogP contribution in [0.15, 0.2) is 30.3 Å². The number of aliphatic hydroxyl groups excluding tert-OH is 1. The van der Waals surface area contributed by atoms with Crippen LogP contribution in [0.5, 0.6) is 0 Å². The third-order valence-corrected chi connectivity index (χ3v) is 5.81. The van der Waals surface area contributed by atoms with E-state index in [1.165, 1.54) is 23.1 Å². The molecule has 1 aliphatic rings. The smallest absolute Gasteiger partial charge is 0.427 e. The number of anilines is 3. The molecule has 15 heteroatoms. The van der Waals surface area contributed by atoms with Crippen LogP contribution in [0.3, 0.4) is 0 Å². The second-order valence-corrected chi connectivity index (χ2v) is 8.14. The van der Waals surface area contributed by atoms with Crippen molar-refractivity contribution in [1.82, 2.24) is 15.0 Å². The monoisotopic (exact) mass is 530 g/mol. The van der Waals surface area contributed by atoms with Crippen molar-refractivity contribution in [3.8, 4) is 11.3 Å². The molecule has 0 bridgehead atoms. The minimum absolute atomic E-state index is 0.00870. The van der Waals surface area contributed by atoms with Crippen LogP contribution in [-0.4, -0.2) is 58.1 Å². The zero-order valence-electron chi connectivity index (χ0n) is 19.1. The molecule has 2 atom stereocenters. The number of nitrogens with two attached hydrogens (primary N) is 1. The highest BCUT2D eigenvalue weighted by Crippen LogP contribution is 2.44. The van der Waals surface area contributed by atoms with Gasteiger partial charge >= 0.3 is 18.3 Å². The molecule has 37 heavy (non-hydrogen) atoms. The van der Waals surface area contributed by atoms with Gasteiger partial charge in [-0.3, -0.25) is 0 Å². The summed E-state index contributed by atoms with van der Waals surface area (Å²) in [7, 11) is 1.57. The summed E-state index contributed by atoms with van der Waals surface area (Å²) in [4.78, 5) is 24.8. The SMILES string of the molecule is CNc1nc(N)nc2nc(-c3c(N4CCCC4C(O)OC(=O)C(F)(F)F)cccc3C(F)(F)F)ccc12. The van der Waals surface area contributed by atoms with Crippen LogP contribution < -0.4 is 16.0 Å². The van der Waals surface area contributed by atoms with Crippen molar-refractivity contribution in [2.45, 2.75) is 37.5 Å². The van der Waals surface area contributed by atoms with Crippen LogP contribution in [0.4, 0.5) is 43.8 Å². The summed E-state index contributed by atoms with van der Waals surface area (Å²) < 4.78 is 84.4. The van der Waals surface area contributed by atoms with Crippen molar-refractivity contribution in [2.75, 3.05) is 29.5 Å². The number of esters is 1. The quantitative estimate of drug-likeness (QED) is 0.257. The Morgan fingerprint density at radius 2 is 1.89 bits per heavy atom. The first-order chi connectivity index (χ1) is 17.3. The number of aliphatic hydroxyl groups is 1. The molecule has 2 unspecified atom stereocenters. The molecule has 3 aromatic rings. The van der Waals surface area contributed by atoms with Gasteiger partial charge in [0.05, 0.1) is 22.7 Å². The van der Waals surface area contributed by atoms with Gasteiger partial charge < -0.3 is 25.8 Å². The Bertz CT molecular complexity index is 1330. The number of fused-ring (bicyclic) bond motifs is 1. The first-order valence-electron chi connectivity index (χ1n) is 10.9. The number of carbonyl (C=O) groups excluding carboxylic acids is 1. The van der Waals surface area contributed by atoms with E-state index in [4.69, 9.17) is 5.73 Å². The van der Waals surface area contributed by atoms with Gasteiger partial charge in [-0.15, -0.1) is 0 Å². The second-order valence-electron chi connectivity index (χ2n) is 8.14. The van der Waals surface area contributed by atoms with E-state index in [1.807, 2.05) is 0 Å². The highest BCUT2D eigenvalue weighted by Gasteiger charge is 2.45. The minimum atomic E-state index is -5.35. The van der Waals surface area contributed by atoms with Crippen LogP contribution in [-0.2, 0) is 15.7 Å². The topological polar surface area (TPSA) is 126 Å². The zero-order chi connectivity index (χ0) is 27.1. The molecule has 4 N–H and O–H groups in total. The third kappa shape index (κ3) is 5.16. The molecule has 3 heterocycles. The van der Waals surface area contributed by atoms with Gasteiger partial charge in [-0.2, -0.15) is 36.3 Å². The molecule has 1 aliphatic heterocycles. The number of aromatic nitrogens is 3. The van der Waals surface area contributed by atoms with Crippen molar-refractivity contribution < 1.29 is 41.0 Å². The van der Waals surface area contributed by atoms with E-state index in [1.54, 1.807) is 7.05 Å².